The lowest BCUT2D eigenvalue weighted by Gasteiger charge is -2.20. The second-order valence-corrected chi connectivity index (χ2v) is 9.48. The number of carbonyl (C=O) groups excluding carboxylic acids is 1. The number of amides is 1. The zero-order valence-electron chi connectivity index (χ0n) is 15.6. The van der Waals surface area contributed by atoms with E-state index in [1.807, 2.05) is 32.3 Å². The van der Waals surface area contributed by atoms with E-state index in [2.05, 4.69) is 9.88 Å². The van der Waals surface area contributed by atoms with Gasteiger partial charge in [-0.25, -0.2) is 4.98 Å². The highest BCUT2D eigenvalue weighted by Gasteiger charge is 2.24. The van der Waals surface area contributed by atoms with E-state index in [-0.39, 0.29) is 18.3 Å². The lowest BCUT2D eigenvalue weighted by atomic mass is 10.3. The fourth-order valence-electron chi connectivity index (χ4n) is 2.60. The summed E-state index contributed by atoms with van der Waals surface area (Å²) in [5.74, 6) is 0.547. The Balaban J connectivity index is 0.00000280. The number of ether oxygens (including phenoxy) is 1. The largest absolute Gasteiger partial charge is 0.497 e. The van der Waals surface area contributed by atoms with Gasteiger partial charge in [-0.1, -0.05) is 34.5 Å². The maximum absolute atomic E-state index is 13.2. The molecule has 0 atom stereocenters. The summed E-state index contributed by atoms with van der Waals surface area (Å²) in [6.45, 7) is 1.40. The first-order valence-electron chi connectivity index (χ1n) is 8.25. The minimum Gasteiger partial charge on any atom is -0.497 e. The Bertz CT molecular complexity index is 959. The summed E-state index contributed by atoms with van der Waals surface area (Å²) in [6, 6.07) is 7.32. The van der Waals surface area contributed by atoms with Crippen LogP contribution in [0.2, 0.25) is 8.67 Å². The predicted octanol–water partition coefficient (Wildman–Crippen LogP) is 5.69. The number of hydrogen-bond acceptors (Lipinski definition) is 6. The lowest BCUT2D eigenvalue weighted by molar-refractivity contribution is 0.0986. The number of rotatable bonds is 7. The van der Waals surface area contributed by atoms with Crippen molar-refractivity contribution < 1.29 is 9.53 Å². The summed E-state index contributed by atoms with van der Waals surface area (Å²) >= 11 is 14.9. The number of aromatic nitrogens is 1. The number of carbonyl (C=O) groups is 1. The van der Waals surface area contributed by atoms with Gasteiger partial charge in [-0.15, -0.1) is 23.7 Å². The summed E-state index contributed by atoms with van der Waals surface area (Å²) in [5.41, 5.74) is 1.21. The van der Waals surface area contributed by atoms with Crippen LogP contribution in [0.15, 0.2) is 24.3 Å². The average Bonchev–Trinajstić information content (AvgIpc) is 3.19. The minimum absolute atomic E-state index is 0. The first-order valence-corrected chi connectivity index (χ1v) is 10.6. The van der Waals surface area contributed by atoms with E-state index in [9.17, 15) is 4.79 Å². The van der Waals surface area contributed by atoms with Gasteiger partial charge < -0.3 is 9.64 Å². The van der Waals surface area contributed by atoms with E-state index in [0.717, 1.165) is 28.9 Å². The van der Waals surface area contributed by atoms with Gasteiger partial charge in [-0.2, -0.15) is 0 Å². The highest BCUT2D eigenvalue weighted by molar-refractivity contribution is 7.22. The monoisotopic (exact) mass is 479 g/mol. The molecule has 0 aliphatic carbocycles. The van der Waals surface area contributed by atoms with Gasteiger partial charge in [-0.3, -0.25) is 9.69 Å². The third-order valence-electron chi connectivity index (χ3n) is 3.93. The van der Waals surface area contributed by atoms with Gasteiger partial charge in [-0.05, 0) is 45.3 Å². The zero-order chi connectivity index (χ0) is 19.6. The quantitative estimate of drug-likeness (QED) is 0.435. The number of thiophene rings is 1. The molecule has 0 radical (unpaired) electrons. The van der Waals surface area contributed by atoms with Crippen LogP contribution < -0.4 is 9.64 Å². The first kappa shape index (κ1) is 23.2. The van der Waals surface area contributed by atoms with Crippen LogP contribution >= 0.6 is 58.3 Å². The molecule has 2 aromatic heterocycles. The zero-order valence-corrected chi connectivity index (χ0v) is 19.5. The highest BCUT2D eigenvalue weighted by Crippen LogP contribution is 2.35. The molecule has 3 aromatic rings. The topological polar surface area (TPSA) is 45.7 Å². The Morgan fingerprint density at radius 1 is 1.18 bits per heavy atom. The smallest absolute Gasteiger partial charge is 0.262 e. The molecule has 0 saturated heterocycles. The molecule has 2 heterocycles. The standard InChI is InChI=1S/C18H19Cl2N3O2S2.ClH/c1-22(2)7-4-8-23(17(24)12-10-15(19)27-16(12)20)18-21-13-9-11(25-3)5-6-14(13)26-18;/h5-6,9-10H,4,7-8H2,1-3H3;1H. The average molecular weight is 481 g/mol. The second-order valence-electron chi connectivity index (χ2n) is 6.18. The predicted molar refractivity (Wildman–Crippen MR) is 123 cm³/mol. The Morgan fingerprint density at radius 2 is 1.93 bits per heavy atom. The van der Waals surface area contributed by atoms with Gasteiger partial charge in [0, 0.05) is 12.6 Å². The molecule has 0 unspecified atom stereocenters. The number of methoxy groups -OCH3 is 1. The van der Waals surface area contributed by atoms with Gasteiger partial charge in [0.2, 0.25) is 0 Å². The first-order chi connectivity index (χ1) is 12.9. The van der Waals surface area contributed by atoms with Crippen LogP contribution in [0.3, 0.4) is 0 Å². The molecule has 5 nitrogen and oxygen atoms in total. The fourth-order valence-corrected chi connectivity index (χ4v) is 5.02. The highest BCUT2D eigenvalue weighted by atomic mass is 35.5. The van der Waals surface area contributed by atoms with Crippen LogP contribution in [0, 0.1) is 0 Å². The van der Waals surface area contributed by atoms with E-state index in [1.165, 1.54) is 22.7 Å². The van der Waals surface area contributed by atoms with E-state index in [1.54, 1.807) is 18.1 Å². The van der Waals surface area contributed by atoms with Crippen LogP contribution in [-0.2, 0) is 0 Å². The maximum Gasteiger partial charge on any atom is 0.262 e. The third-order valence-corrected chi connectivity index (χ3v) is 6.48. The second kappa shape index (κ2) is 10.1. The molecule has 0 fully saturated rings. The summed E-state index contributed by atoms with van der Waals surface area (Å²) in [4.78, 5) is 21.6. The van der Waals surface area contributed by atoms with Crippen LogP contribution in [0.25, 0.3) is 10.2 Å². The van der Waals surface area contributed by atoms with Gasteiger partial charge in [0.05, 0.1) is 27.2 Å². The Hall–Kier alpha value is -1.09. The Kier molecular flexibility index (Phi) is 8.36. The summed E-state index contributed by atoms with van der Waals surface area (Å²) in [7, 11) is 5.63. The van der Waals surface area contributed by atoms with Crippen molar-refractivity contribution in [1.29, 1.82) is 0 Å². The molecule has 0 spiro atoms. The third kappa shape index (κ3) is 5.28. The number of thiazole rings is 1. The van der Waals surface area contributed by atoms with Crippen molar-refractivity contribution in [2.24, 2.45) is 0 Å². The molecule has 0 bridgehead atoms. The molecular weight excluding hydrogens is 461 g/mol. The molecule has 28 heavy (non-hydrogen) atoms. The summed E-state index contributed by atoms with van der Waals surface area (Å²) in [5, 5.41) is 0.639. The summed E-state index contributed by atoms with van der Waals surface area (Å²) < 4.78 is 7.14. The van der Waals surface area contributed by atoms with E-state index in [4.69, 9.17) is 27.9 Å². The molecule has 1 amide bonds. The van der Waals surface area contributed by atoms with Crippen molar-refractivity contribution in [3.63, 3.8) is 0 Å². The van der Waals surface area contributed by atoms with Crippen molar-refractivity contribution in [2.45, 2.75) is 6.42 Å². The minimum atomic E-state index is -0.187. The van der Waals surface area contributed by atoms with Gasteiger partial charge in [0.15, 0.2) is 5.13 Å². The number of fused-ring (bicyclic) bond motifs is 1. The van der Waals surface area contributed by atoms with E-state index < -0.39 is 0 Å². The molecule has 0 aliphatic heterocycles. The van der Waals surface area contributed by atoms with Gasteiger partial charge >= 0.3 is 0 Å². The number of benzene rings is 1. The molecule has 1 aromatic carbocycles. The van der Waals surface area contributed by atoms with Crippen molar-refractivity contribution in [1.82, 2.24) is 9.88 Å². The van der Waals surface area contributed by atoms with Crippen molar-refractivity contribution in [2.75, 3.05) is 39.2 Å². The molecule has 152 valence electrons. The lowest BCUT2D eigenvalue weighted by Crippen LogP contribution is -2.33. The Morgan fingerprint density at radius 3 is 2.54 bits per heavy atom. The van der Waals surface area contributed by atoms with Gasteiger partial charge in [0.1, 0.15) is 10.1 Å². The molecule has 0 saturated carbocycles. The molecular formula is C18H20Cl3N3O2S2. The van der Waals surface area contributed by atoms with Crippen LogP contribution in [0.5, 0.6) is 5.75 Å². The van der Waals surface area contributed by atoms with Crippen LogP contribution in [0.1, 0.15) is 16.8 Å². The SMILES string of the molecule is COc1ccc2sc(N(CCCN(C)C)C(=O)c3cc(Cl)sc3Cl)nc2c1.Cl. The number of nitrogens with zero attached hydrogens (tertiary/aromatic N) is 3. The van der Waals surface area contributed by atoms with Crippen LogP contribution in [-0.4, -0.2) is 50.1 Å². The van der Waals surface area contributed by atoms with Crippen molar-refractivity contribution in [3.05, 3.63) is 38.5 Å². The van der Waals surface area contributed by atoms with Crippen molar-refractivity contribution in [3.8, 4) is 5.75 Å². The summed E-state index contributed by atoms with van der Waals surface area (Å²) in [6.07, 6.45) is 0.813. The van der Waals surface area contributed by atoms with E-state index >= 15 is 0 Å². The molecule has 0 aliphatic rings. The van der Waals surface area contributed by atoms with E-state index in [0.29, 0.717) is 25.9 Å². The Labute approximate surface area is 188 Å². The number of hydrogen-bond donors (Lipinski definition) is 0. The normalized spacial score (nSPS) is 10.9. The maximum atomic E-state index is 13.2. The number of halogens is 3. The van der Waals surface area contributed by atoms with Crippen LogP contribution in [0.4, 0.5) is 5.13 Å². The number of anilines is 1. The molecule has 3 rings (SSSR count). The van der Waals surface area contributed by atoms with Gasteiger partial charge in [0.25, 0.3) is 5.91 Å². The van der Waals surface area contributed by atoms with Crippen molar-refractivity contribution >= 4 is 79.5 Å². The molecule has 10 heteroatoms. The molecule has 0 N–H and O–H groups in total. The fraction of sp³-hybridized carbons (Fsp3) is 0.333.